The number of carbonyl (C=O) groups excluding carboxylic acids is 6. The molecule has 0 spiro atoms. The summed E-state index contributed by atoms with van der Waals surface area (Å²) in [5.41, 5.74) is 2.40. The molecule has 1 fully saturated rings. The van der Waals surface area contributed by atoms with Crippen molar-refractivity contribution in [1.82, 2.24) is 36.6 Å². The number of anilines is 1. The maximum atomic E-state index is 14.0. The van der Waals surface area contributed by atoms with Crippen molar-refractivity contribution < 1.29 is 33.3 Å². The molecule has 51 heavy (non-hydrogen) atoms. The number of amides is 7. The predicted octanol–water partition coefficient (Wildman–Crippen LogP) is 1.66. The number of rotatable bonds is 6. The van der Waals surface area contributed by atoms with Crippen LogP contribution in [0.25, 0.3) is 0 Å². The second-order valence-corrected chi connectivity index (χ2v) is 13.2. The number of fused-ring (bicyclic) bond motifs is 2. The molecule has 5 N–H and O–H groups in total. The SMILES string of the molecule is Cc1ccc(C(=O)N2CCNC(=O)[C@@H](Cc3ccccc3)NC(=O)[C@@H](CC(C)C)NC(=O)[C@@H](C)NC(=O)c3cc(on3)C2)cc1N1CCNC1=O. The average molecular weight is 701 g/mol. The van der Waals surface area contributed by atoms with Gasteiger partial charge >= 0.3 is 6.03 Å². The van der Waals surface area contributed by atoms with Gasteiger partial charge in [-0.05, 0) is 49.4 Å². The van der Waals surface area contributed by atoms with Crippen LogP contribution in [0, 0.1) is 12.8 Å². The number of aryl methyl sites for hydroxylation is 1. The second-order valence-electron chi connectivity index (χ2n) is 13.2. The third-order valence-corrected chi connectivity index (χ3v) is 8.71. The minimum atomic E-state index is -1.05. The van der Waals surface area contributed by atoms with Crippen molar-refractivity contribution in [3.8, 4) is 0 Å². The van der Waals surface area contributed by atoms with Crippen molar-refractivity contribution in [2.75, 3.05) is 31.1 Å². The highest BCUT2D eigenvalue weighted by molar-refractivity contribution is 6.00. The largest absolute Gasteiger partial charge is 0.359 e. The molecule has 2 aromatic carbocycles. The maximum absolute atomic E-state index is 14.0. The monoisotopic (exact) mass is 700 g/mol. The van der Waals surface area contributed by atoms with Crippen molar-refractivity contribution in [3.63, 3.8) is 0 Å². The number of aromatic nitrogens is 1. The van der Waals surface area contributed by atoms with Crippen molar-refractivity contribution >= 4 is 41.3 Å². The molecule has 7 amide bonds. The zero-order chi connectivity index (χ0) is 36.7. The Bertz CT molecular complexity index is 1780. The number of urea groups is 1. The van der Waals surface area contributed by atoms with Gasteiger partial charge in [-0.25, -0.2) is 4.79 Å². The lowest BCUT2D eigenvalue weighted by molar-refractivity contribution is -0.132. The van der Waals surface area contributed by atoms with Gasteiger partial charge in [-0.15, -0.1) is 0 Å². The quantitative estimate of drug-likeness (QED) is 0.256. The minimum Gasteiger partial charge on any atom is -0.359 e. The van der Waals surface area contributed by atoms with Gasteiger partial charge in [0.25, 0.3) is 11.8 Å². The van der Waals surface area contributed by atoms with E-state index in [1.54, 1.807) is 23.1 Å². The topological polar surface area (TPSA) is 195 Å². The van der Waals surface area contributed by atoms with E-state index in [1.807, 2.05) is 51.1 Å². The van der Waals surface area contributed by atoms with Crippen LogP contribution in [0.1, 0.15) is 64.9 Å². The van der Waals surface area contributed by atoms with Gasteiger partial charge in [0.2, 0.25) is 17.7 Å². The molecule has 2 aliphatic heterocycles. The zero-order valence-electron chi connectivity index (χ0n) is 29.2. The Hall–Kier alpha value is -5.73. The Morgan fingerprint density at radius 1 is 0.882 bits per heavy atom. The molecule has 2 aliphatic rings. The fourth-order valence-electron chi connectivity index (χ4n) is 5.96. The molecule has 270 valence electrons. The fraction of sp³-hybridized carbons (Fsp3) is 0.417. The van der Waals surface area contributed by atoms with Crippen molar-refractivity contribution in [2.45, 2.75) is 65.2 Å². The van der Waals surface area contributed by atoms with Crippen molar-refractivity contribution in [1.29, 1.82) is 0 Å². The second kappa shape index (κ2) is 16.3. The first-order chi connectivity index (χ1) is 24.4. The van der Waals surface area contributed by atoms with E-state index in [1.165, 1.54) is 17.9 Å². The molecule has 1 aromatic heterocycles. The Balaban J connectivity index is 1.45. The van der Waals surface area contributed by atoms with Crippen molar-refractivity contribution in [3.05, 3.63) is 82.7 Å². The molecule has 0 aliphatic carbocycles. The van der Waals surface area contributed by atoms with Crippen molar-refractivity contribution in [2.24, 2.45) is 5.92 Å². The number of benzene rings is 2. The summed E-state index contributed by atoms with van der Waals surface area (Å²) in [5.74, 6) is -2.52. The van der Waals surface area contributed by atoms with Gasteiger partial charge in [-0.3, -0.25) is 28.9 Å². The van der Waals surface area contributed by atoms with E-state index in [0.29, 0.717) is 24.3 Å². The van der Waals surface area contributed by atoms with Crippen LogP contribution in [0.4, 0.5) is 10.5 Å². The Morgan fingerprint density at radius 3 is 2.31 bits per heavy atom. The van der Waals surface area contributed by atoms with Crippen LogP contribution in [0.3, 0.4) is 0 Å². The van der Waals surface area contributed by atoms with Gasteiger partial charge in [-0.2, -0.15) is 0 Å². The number of hydrogen-bond acceptors (Lipinski definition) is 8. The number of nitrogens with zero attached hydrogens (tertiary/aromatic N) is 3. The van der Waals surface area contributed by atoms with Gasteiger partial charge in [0.15, 0.2) is 11.5 Å². The van der Waals surface area contributed by atoms with E-state index < -0.39 is 47.7 Å². The first-order valence-corrected chi connectivity index (χ1v) is 17.0. The highest BCUT2D eigenvalue weighted by atomic mass is 16.5. The van der Waals surface area contributed by atoms with E-state index in [0.717, 1.165) is 11.1 Å². The molecular weight excluding hydrogens is 656 g/mol. The maximum Gasteiger partial charge on any atom is 0.322 e. The lowest BCUT2D eigenvalue weighted by Gasteiger charge is -2.26. The molecular formula is C36H44N8O7. The Labute approximate surface area is 295 Å². The van der Waals surface area contributed by atoms with E-state index in [9.17, 15) is 28.8 Å². The molecule has 3 atom stereocenters. The normalized spacial score (nSPS) is 20.9. The first kappa shape index (κ1) is 36.5. The van der Waals surface area contributed by atoms with Crippen LogP contribution in [0.5, 0.6) is 0 Å². The first-order valence-electron chi connectivity index (χ1n) is 17.0. The highest BCUT2D eigenvalue weighted by Crippen LogP contribution is 2.24. The van der Waals surface area contributed by atoms with Gasteiger partial charge in [0.05, 0.1) is 6.54 Å². The Morgan fingerprint density at radius 2 is 1.61 bits per heavy atom. The molecule has 1 saturated heterocycles. The van der Waals surface area contributed by atoms with E-state index in [4.69, 9.17) is 4.52 Å². The third-order valence-electron chi connectivity index (χ3n) is 8.71. The lowest BCUT2D eigenvalue weighted by atomic mass is 10.0. The zero-order valence-corrected chi connectivity index (χ0v) is 29.2. The fourth-order valence-corrected chi connectivity index (χ4v) is 5.96. The summed E-state index contributed by atoms with van der Waals surface area (Å²) in [6.45, 7) is 7.98. The molecule has 0 saturated carbocycles. The summed E-state index contributed by atoms with van der Waals surface area (Å²) in [4.78, 5) is 83.1. The minimum absolute atomic E-state index is 0.00410. The number of hydrogen-bond donors (Lipinski definition) is 5. The van der Waals surface area contributed by atoms with Gasteiger partial charge in [0.1, 0.15) is 18.1 Å². The summed E-state index contributed by atoms with van der Waals surface area (Å²) >= 11 is 0. The summed E-state index contributed by atoms with van der Waals surface area (Å²) < 4.78 is 5.44. The van der Waals surface area contributed by atoms with Crippen LogP contribution in [0.2, 0.25) is 0 Å². The molecule has 0 radical (unpaired) electrons. The smallest absolute Gasteiger partial charge is 0.322 e. The highest BCUT2D eigenvalue weighted by Gasteiger charge is 2.31. The number of nitrogens with one attached hydrogen (secondary N) is 5. The van der Waals surface area contributed by atoms with E-state index in [2.05, 4.69) is 31.7 Å². The third kappa shape index (κ3) is 9.29. The van der Waals surface area contributed by atoms with Crippen LogP contribution >= 0.6 is 0 Å². The summed E-state index contributed by atoms with van der Waals surface area (Å²) in [6.07, 6.45) is 0.456. The van der Waals surface area contributed by atoms with Crippen LogP contribution in [0.15, 0.2) is 59.1 Å². The number of carbonyl (C=O) groups is 6. The van der Waals surface area contributed by atoms with Crippen LogP contribution in [-0.4, -0.2) is 89.9 Å². The molecule has 3 heterocycles. The molecule has 2 bridgehead atoms. The molecule has 5 rings (SSSR count). The molecule has 15 heteroatoms. The predicted molar refractivity (Wildman–Crippen MR) is 187 cm³/mol. The molecule has 0 unspecified atom stereocenters. The van der Waals surface area contributed by atoms with E-state index >= 15 is 0 Å². The van der Waals surface area contributed by atoms with Gasteiger partial charge in [0, 0.05) is 49.9 Å². The summed E-state index contributed by atoms with van der Waals surface area (Å²) in [6, 6.07) is 12.3. The van der Waals surface area contributed by atoms with Crippen LogP contribution in [-0.2, 0) is 27.3 Å². The summed E-state index contributed by atoms with van der Waals surface area (Å²) in [5, 5.41) is 17.6. The molecule has 15 nitrogen and oxygen atoms in total. The average Bonchev–Trinajstić information content (AvgIpc) is 3.75. The Kier molecular flexibility index (Phi) is 11.7. The van der Waals surface area contributed by atoms with E-state index in [-0.39, 0.29) is 55.9 Å². The summed E-state index contributed by atoms with van der Waals surface area (Å²) in [7, 11) is 0. The van der Waals surface area contributed by atoms with Crippen LogP contribution < -0.4 is 31.5 Å². The standard InChI is InChI=1S/C36H44N8O7/c1-21(2)16-27-33(47)41-28(17-24-8-6-5-7-9-24)32(46)37-12-14-43(20-26-19-29(42-51-26)34(48)39-23(4)31(45)40-27)35(49)25-11-10-22(3)30(18-25)44-15-13-38-36(44)50/h5-11,18-19,21,23,27-28H,12-17,20H2,1-4H3,(H,37,46)(H,38,50)(H,39,48)(H,40,45)(H,41,47)/t23-,27-,28-/m1/s1. The van der Waals surface area contributed by atoms with Gasteiger partial charge in [-0.1, -0.05) is 55.4 Å². The molecule has 3 aromatic rings. The lowest BCUT2D eigenvalue weighted by Crippen LogP contribution is -2.57. The van der Waals surface area contributed by atoms with Gasteiger partial charge < -0.3 is 36.0 Å².